The van der Waals surface area contributed by atoms with Crippen LogP contribution >= 0.6 is 0 Å². The van der Waals surface area contributed by atoms with E-state index < -0.39 is 0 Å². The Kier molecular flexibility index (Phi) is 5.98. The van der Waals surface area contributed by atoms with Gasteiger partial charge in [-0.3, -0.25) is 0 Å². The third kappa shape index (κ3) is 4.30. The number of pyridine rings is 1. The normalized spacial score (nSPS) is 14.6. The van der Waals surface area contributed by atoms with Gasteiger partial charge in [0.25, 0.3) is 0 Å². The van der Waals surface area contributed by atoms with E-state index in [0.717, 1.165) is 56.1 Å². The second kappa shape index (κ2) is 8.83. The summed E-state index contributed by atoms with van der Waals surface area (Å²) in [6, 6.07) is 2.47. The second-order valence-electron chi connectivity index (χ2n) is 7.73. The average molecular weight is 411 g/mol. The highest BCUT2D eigenvalue weighted by molar-refractivity contribution is 5.59. The molecule has 0 saturated carbocycles. The Morgan fingerprint density at radius 3 is 2.67 bits per heavy atom. The highest BCUT2D eigenvalue weighted by atomic mass is 16.5. The number of piperazine rings is 1. The van der Waals surface area contributed by atoms with Crippen LogP contribution in [0, 0.1) is 6.92 Å². The predicted octanol–water partition coefficient (Wildman–Crippen LogP) is 1.98. The molecule has 3 aromatic heterocycles. The molecule has 4 rings (SSSR count). The van der Waals surface area contributed by atoms with Gasteiger partial charge in [-0.15, -0.1) is 5.10 Å². The van der Waals surface area contributed by atoms with Crippen molar-refractivity contribution >= 4 is 17.3 Å². The fourth-order valence-electron chi connectivity index (χ4n) is 3.82. The number of anilines is 2. The van der Waals surface area contributed by atoms with Gasteiger partial charge in [-0.05, 0) is 30.9 Å². The number of rotatable bonds is 7. The zero-order valence-corrected chi connectivity index (χ0v) is 17.9. The van der Waals surface area contributed by atoms with Crippen molar-refractivity contribution in [3.05, 3.63) is 35.3 Å². The van der Waals surface area contributed by atoms with E-state index in [2.05, 4.69) is 52.1 Å². The Bertz CT molecular complexity index is 1010. The maximum atomic E-state index is 6.11. The van der Waals surface area contributed by atoms with Crippen LogP contribution in [-0.2, 0) is 6.42 Å². The summed E-state index contributed by atoms with van der Waals surface area (Å²) in [6.07, 6.45) is 6.33. The van der Waals surface area contributed by atoms with Crippen LogP contribution in [0.5, 0.6) is 6.01 Å². The Morgan fingerprint density at radius 2 is 1.97 bits per heavy atom. The molecule has 1 aliphatic rings. The quantitative estimate of drug-likeness (QED) is 0.609. The van der Waals surface area contributed by atoms with E-state index in [1.807, 2.05) is 12.4 Å². The van der Waals surface area contributed by atoms with E-state index in [9.17, 15) is 0 Å². The molecule has 9 heteroatoms. The summed E-state index contributed by atoms with van der Waals surface area (Å²) in [4.78, 5) is 16.0. The van der Waals surface area contributed by atoms with Crippen molar-refractivity contribution in [3.8, 4) is 6.01 Å². The van der Waals surface area contributed by atoms with Crippen LogP contribution < -0.4 is 20.7 Å². The number of nitrogens with one attached hydrogen (secondary N) is 1. The first kappa shape index (κ1) is 20.3. The van der Waals surface area contributed by atoms with E-state index >= 15 is 0 Å². The molecule has 0 bridgehead atoms. The molecule has 0 aliphatic carbocycles. The van der Waals surface area contributed by atoms with E-state index in [0.29, 0.717) is 17.9 Å². The lowest BCUT2D eigenvalue weighted by Crippen LogP contribution is -2.44. The standard InChI is InChI=1S/C21H30N8O/c1-4-17(5-2)30-21-26-18(22)20-25-16(13-29(20)27-21)11-15-10-14(3)19(24-12-15)28-8-6-23-7-9-28/h10,12-13,17,23H,4-9,11H2,1-3H3,(H2,22,26,27). The third-order valence-corrected chi connectivity index (χ3v) is 5.47. The first-order valence-corrected chi connectivity index (χ1v) is 10.7. The van der Waals surface area contributed by atoms with Crippen LogP contribution in [0.2, 0.25) is 0 Å². The third-order valence-electron chi connectivity index (χ3n) is 5.47. The molecule has 0 unspecified atom stereocenters. The molecule has 0 amide bonds. The fourth-order valence-corrected chi connectivity index (χ4v) is 3.82. The lowest BCUT2D eigenvalue weighted by molar-refractivity contribution is 0.174. The van der Waals surface area contributed by atoms with Gasteiger partial charge in [-0.25, -0.2) is 14.5 Å². The Balaban J connectivity index is 1.53. The summed E-state index contributed by atoms with van der Waals surface area (Å²) < 4.78 is 7.50. The van der Waals surface area contributed by atoms with Crippen molar-refractivity contribution in [1.82, 2.24) is 29.9 Å². The zero-order valence-electron chi connectivity index (χ0n) is 17.9. The molecule has 30 heavy (non-hydrogen) atoms. The average Bonchev–Trinajstić information content (AvgIpc) is 3.15. The summed E-state index contributed by atoms with van der Waals surface area (Å²) >= 11 is 0. The Hall–Kier alpha value is -2.94. The zero-order chi connectivity index (χ0) is 21.1. The first-order chi connectivity index (χ1) is 14.6. The molecular weight excluding hydrogens is 380 g/mol. The van der Waals surface area contributed by atoms with Crippen LogP contribution in [0.25, 0.3) is 5.65 Å². The number of nitrogens with zero attached hydrogens (tertiary/aromatic N) is 6. The number of nitrogens with two attached hydrogens (primary N) is 1. The van der Waals surface area contributed by atoms with Gasteiger partial charge in [0.05, 0.1) is 11.9 Å². The number of aromatic nitrogens is 5. The van der Waals surface area contributed by atoms with Crippen molar-refractivity contribution in [2.75, 3.05) is 36.8 Å². The van der Waals surface area contributed by atoms with Crippen molar-refractivity contribution < 1.29 is 4.74 Å². The molecule has 160 valence electrons. The van der Waals surface area contributed by atoms with Crippen LogP contribution in [0.1, 0.15) is 43.5 Å². The van der Waals surface area contributed by atoms with Gasteiger partial charge in [-0.1, -0.05) is 19.9 Å². The minimum atomic E-state index is 0.0769. The predicted molar refractivity (Wildman–Crippen MR) is 117 cm³/mol. The number of fused-ring (bicyclic) bond motifs is 1. The number of nitrogen functional groups attached to an aromatic ring is 1. The molecule has 0 spiro atoms. The van der Waals surface area contributed by atoms with Crippen molar-refractivity contribution in [1.29, 1.82) is 0 Å². The van der Waals surface area contributed by atoms with E-state index in [4.69, 9.17) is 15.5 Å². The summed E-state index contributed by atoms with van der Waals surface area (Å²) in [7, 11) is 0. The van der Waals surface area contributed by atoms with Crippen LogP contribution in [0.3, 0.4) is 0 Å². The molecule has 0 atom stereocenters. The molecule has 0 aromatic carbocycles. The highest BCUT2D eigenvalue weighted by Gasteiger charge is 2.16. The van der Waals surface area contributed by atoms with E-state index in [-0.39, 0.29) is 12.1 Å². The fraction of sp³-hybridized carbons (Fsp3) is 0.524. The smallest absolute Gasteiger partial charge is 0.336 e. The van der Waals surface area contributed by atoms with E-state index in [1.165, 1.54) is 5.56 Å². The molecule has 1 saturated heterocycles. The number of imidazole rings is 1. The van der Waals surface area contributed by atoms with E-state index in [1.54, 1.807) is 4.52 Å². The first-order valence-electron chi connectivity index (χ1n) is 10.7. The lowest BCUT2D eigenvalue weighted by Gasteiger charge is -2.29. The summed E-state index contributed by atoms with van der Waals surface area (Å²) in [6.45, 7) is 10.2. The molecule has 0 radical (unpaired) electrons. The van der Waals surface area contributed by atoms with Gasteiger partial charge >= 0.3 is 6.01 Å². The number of hydrogen-bond acceptors (Lipinski definition) is 8. The van der Waals surface area contributed by atoms with Crippen LogP contribution in [0.4, 0.5) is 11.6 Å². The second-order valence-corrected chi connectivity index (χ2v) is 7.73. The van der Waals surface area contributed by atoms with Gasteiger partial charge in [0.2, 0.25) is 0 Å². The molecule has 9 nitrogen and oxygen atoms in total. The minimum absolute atomic E-state index is 0.0769. The summed E-state index contributed by atoms with van der Waals surface area (Å²) in [5, 5.41) is 7.82. The Labute approximate surface area is 176 Å². The lowest BCUT2D eigenvalue weighted by atomic mass is 10.1. The Morgan fingerprint density at radius 1 is 1.20 bits per heavy atom. The molecule has 4 heterocycles. The summed E-state index contributed by atoms with van der Waals surface area (Å²) in [5.41, 5.74) is 9.81. The molecular formula is C21H30N8O. The largest absolute Gasteiger partial charge is 0.459 e. The van der Waals surface area contributed by atoms with Gasteiger partial charge < -0.3 is 20.7 Å². The number of aryl methyl sites for hydroxylation is 1. The maximum Gasteiger partial charge on any atom is 0.336 e. The van der Waals surface area contributed by atoms with Gasteiger partial charge in [0, 0.05) is 38.8 Å². The minimum Gasteiger partial charge on any atom is -0.459 e. The monoisotopic (exact) mass is 410 g/mol. The molecule has 3 N–H and O–H groups in total. The van der Waals surface area contributed by atoms with Gasteiger partial charge in [0.1, 0.15) is 11.9 Å². The summed E-state index contributed by atoms with van der Waals surface area (Å²) in [5.74, 6) is 1.38. The molecule has 1 fully saturated rings. The van der Waals surface area contributed by atoms with Gasteiger partial charge in [-0.2, -0.15) is 4.98 Å². The van der Waals surface area contributed by atoms with Crippen molar-refractivity contribution in [2.24, 2.45) is 0 Å². The van der Waals surface area contributed by atoms with Crippen molar-refractivity contribution in [2.45, 2.75) is 46.1 Å². The highest BCUT2D eigenvalue weighted by Crippen LogP contribution is 2.21. The molecule has 3 aromatic rings. The SMILES string of the molecule is CCC(CC)Oc1nc(N)c2nc(Cc3cnc(N4CCNCC4)c(C)c3)cn2n1. The maximum absolute atomic E-state index is 6.11. The topological polar surface area (TPSA) is 106 Å². The van der Waals surface area contributed by atoms with Gasteiger partial charge in [0.15, 0.2) is 11.5 Å². The van der Waals surface area contributed by atoms with Crippen molar-refractivity contribution in [3.63, 3.8) is 0 Å². The molecule has 1 aliphatic heterocycles. The number of hydrogen-bond donors (Lipinski definition) is 2. The van der Waals surface area contributed by atoms with Crippen LogP contribution in [-0.4, -0.2) is 56.8 Å². The number of ether oxygens (including phenoxy) is 1. The van der Waals surface area contributed by atoms with Crippen LogP contribution in [0.15, 0.2) is 18.5 Å².